The molecule has 1 atom stereocenters. The fraction of sp³-hybridized carbons (Fsp3) is 0.250. The Labute approximate surface area is 157 Å². The fourth-order valence-corrected chi connectivity index (χ4v) is 3.05. The van der Waals surface area contributed by atoms with Gasteiger partial charge in [0.25, 0.3) is 0 Å². The quantitative estimate of drug-likeness (QED) is 0.811. The number of rotatable bonds is 6. The van der Waals surface area contributed by atoms with Gasteiger partial charge in [0.15, 0.2) is 0 Å². The van der Waals surface area contributed by atoms with E-state index in [1.807, 2.05) is 0 Å². The molecule has 2 aromatic rings. The van der Waals surface area contributed by atoms with Gasteiger partial charge < -0.3 is 20.7 Å². The summed E-state index contributed by atoms with van der Waals surface area (Å²) >= 11 is 0. The molecular weight excluding hydrogens is 346 g/mol. The molecule has 0 bridgehead atoms. The molecule has 2 aromatic carbocycles. The summed E-state index contributed by atoms with van der Waals surface area (Å²) in [4.78, 5) is 37.4. The van der Waals surface area contributed by atoms with Gasteiger partial charge in [-0.15, -0.1) is 0 Å². The van der Waals surface area contributed by atoms with Crippen molar-refractivity contribution in [3.8, 4) is 5.75 Å². The van der Waals surface area contributed by atoms with E-state index in [9.17, 15) is 14.4 Å². The lowest BCUT2D eigenvalue weighted by molar-refractivity contribution is -0.122. The SMILES string of the molecule is COc1ccc(N2CC(C(=O)Nc3ccc(CC(N)=O)cc3)CC2=O)cc1. The number of carbonyl (C=O) groups is 3. The first-order valence-corrected chi connectivity index (χ1v) is 8.59. The van der Waals surface area contributed by atoms with Crippen LogP contribution in [0.3, 0.4) is 0 Å². The molecule has 0 aliphatic carbocycles. The molecule has 1 saturated heterocycles. The van der Waals surface area contributed by atoms with Crippen molar-refractivity contribution in [1.82, 2.24) is 0 Å². The molecule has 1 aliphatic rings. The smallest absolute Gasteiger partial charge is 0.229 e. The minimum Gasteiger partial charge on any atom is -0.497 e. The van der Waals surface area contributed by atoms with Crippen LogP contribution < -0.4 is 20.7 Å². The summed E-state index contributed by atoms with van der Waals surface area (Å²) in [5, 5.41) is 2.82. The monoisotopic (exact) mass is 367 g/mol. The van der Waals surface area contributed by atoms with Crippen molar-refractivity contribution >= 4 is 29.1 Å². The Morgan fingerprint density at radius 1 is 1.15 bits per heavy atom. The Kier molecular flexibility index (Phi) is 5.40. The summed E-state index contributed by atoms with van der Waals surface area (Å²) in [7, 11) is 1.58. The summed E-state index contributed by atoms with van der Waals surface area (Å²) in [6.07, 6.45) is 0.319. The fourth-order valence-electron chi connectivity index (χ4n) is 3.05. The van der Waals surface area contributed by atoms with E-state index in [2.05, 4.69) is 5.32 Å². The number of amides is 3. The summed E-state index contributed by atoms with van der Waals surface area (Å²) in [5.41, 5.74) is 7.30. The highest BCUT2D eigenvalue weighted by Crippen LogP contribution is 2.27. The summed E-state index contributed by atoms with van der Waals surface area (Å²) < 4.78 is 5.12. The molecule has 1 aliphatic heterocycles. The number of ether oxygens (including phenoxy) is 1. The highest BCUT2D eigenvalue weighted by Gasteiger charge is 2.35. The summed E-state index contributed by atoms with van der Waals surface area (Å²) in [6.45, 7) is 0.330. The molecule has 3 amide bonds. The van der Waals surface area contributed by atoms with E-state index in [0.29, 0.717) is 18.0 Å². The Balaban J connectivity index is 1.62. The van der Waals surface area contributed by atoms with Crippen molar-refractivity contribution in [3.63, 3.8) is 0 Å². The molecule has 27 heavy (non-hydrogen) atoms. The molecule has 3 N–H and O–H groups in total. The average molecular weight is 367 g/mol. The van der Waals surface area contributed by atoms with Gasteiger partial charge >= 0.3 is 0 Å². The van der Waals surface area contributed by atoms with Gasteiger partial charge in [0.1, 0.15) is 5.75 Å². The average Bonchev–Trinajstić information content (AvgIpc) is 3.05. The highest BCUT2D eigenvalue weighted by molar-refractivity contribution is 6.03. The summed E-state index contributed by atoms with van der Waals surface area (Å²) in [6, 6.07) is 14.1. The van der Waals surface area contributed by atoms with Crippen LogP contribution in [0.4, 0.5) is 11.4 Å². The van der Waals surface area contributed by atoms with Crippen LogP contribution in [0.5, 0.6) is 5.75 Å². The largest absolute Gasteiger partial charge is 0.497 e. The molecular formula is C20H21N3O4. The predicted molar refractivity (Wildman–Crippen MR) is 101 cm³/mol. The van der Waals surface area contributed by atoms with Gasteiger partial charge in [-0.1, -0.05) is 12.1 Å². The number of nitrogens with two attached hydrogens (primary N) is 1. The number of methoxy groups -OCH3 is 1. The van der Waals surface area contributed by atoms with Gasteiger partial charge in [0.2, 0.25) is 17.7 Å². The first kappa shape index (κ1) is 18.4. The Morgan fingerprint density at radius 2 is 1.81 bits per heavy atom. The molecule has 1 heterocycles. The minimum atomic E-state index is -0.426. The van der Waals surface area contributed by atoms with E-state index in [-0.39, 0.29) is 24.7 Å². The molecule has 7 heteroatoms. The summed E-state index contributed by atoms with van der Waals surface area (Å²) in [5.74, 6) is -0.418. The van der Waals surface area contributed by atoms with E-state index < -0.39 is 11.8 Å². The van der Waals surface area contributed by atoms with Gasteiger partial charge in [-0.3, -0.25) is 14.4 Å². The van der Waals surface area contributed by atoms with Gasteiger partial charge in [0.05, 0.1) is 19.4 Å². The molecule has 7 nitrogen and oxygen atoms in total. The molecule has 0 spiro atoms. The van der Waals surface area contributed by atoms with Crippen LogP contribution >= 0.6 is 0 Å². The second-order valence-electron chi connectivity index (χ2n) is 6.43. The van der Waals surface area contributed by atoms with Gasteiger partial charge in [-0.2, -0.15) is 0 Å². The first-order chi connectivity index (χ1) is 13.0. The van der Waals surface area contributed by atoms with Gasteiger partial charge in [-0.05, 0) is 42.0 Å². The zero-order valence-electron chi connectivity index (χ0n) is 15.0. The third kappa shape index (κ3) is 4.44. The Hall–Kier alpha value is -3.35. The first-order valence-electron chi connectivity index (χ1n) is 8.59. The number of nitrogens with zero attached hydrogens (tertiary/aromatic N) is 1. The number of anilines is 2. The van der Waals surface area contributed by atoms with Crippen molar-refractivity contribution in [3.05, 3.63) is 54.1 Å². The second kappa shape index (κ2) is 7.90. The van der Waals surface area contributed by atoms with Crippen LogP contribution in [-0.4, -0.2) is 31.4 Å². The predicted octanol–water partition coefficient (Wildman–Crippen LogP) is 1.71. The third-order valence-corrected chi connectivity index (χ3v) is 4.48. The maximum Gasteiger partial charge on any atom is 0.229 e. The molecule has 140 valence electrons. The van der Waals surface area contributed by atoms with Crippen LogP contribution in [0.15, 0.2) is 48.5 Å². The normalized spacial score (nSPS) is 16.3. The van der Waals surface area contributed by atoms with Crippen LogP contribution in [-0.2, 0) is 20.8 Å². The molecule has 0 saturated carbocycles. The van der Waals surface area contributed by atoms with Crippen molar-refractivity contribution in [2.45, 2.75) is 12.8 Å². The van der Waals surface area contributed by atoms with E-state index in [4.69, 9.17) is 10.5 Å². The van der Waals surface area contributed by atoms with Crippen molar-refractivity contribution in [2.24, 2.45) is 11.7 Å². The second-order valence-corrected chi connectivity index (χ2v) is 6.43. The van der Waals surface area contributed by atoms with Crippen molar-refractivity contribution in [2.75, 3.05) is 23.9 Å². The van der Waals surface area contributed by atoms with Crippen LogP contribution in [0.25, 0.3) is 0 Å². The van der Waals surface area contributed by atoms with Crippen LogP contribution in [0.2, 0.25) is 0 Å². The number of primary amides is 1. The maximum atomic E-state index is 12.5. The number of benzene rings is 2. The zero-order chi connectivity index (χ0) is 19.4. The third-order valence-electron chi connectivity index (χ3n) is 4.48. The molecule has 0 aromatic heterocycles. The van der Waals surface area contributed by atoms with Crippen LogP contribution in [0.1, 0.15) is 12.0 Å². The lowest BCUT2D eigenvalue weighted by atomic mass is 10.1. The Morgan fingerprint density at radius 3 is 2.41 bits per heavy atom. The minimum absolute atomic E-state index is 0.0860. The molecule has 1 fully saturated rings. The lowest BCUT2D eigenvalue weighted by Crippen LogP contribution is -2.28. The highest BCUT2D eigenvalue weighted by atomic mass is 16.5. The van der Waals surface area contributed by atoms with E-state index >= 15 is 0 Å². The molecule has 1 unspecified atom stereocenters. The van der Waals surface area contributed by atoms with E-state index in [0.717, 1.165) is 11.3 Å². The Bertz CT molecular complexity index is 847. The van der Waals surface area contributed by atoms with Crippen molar-refractivity contribution < 1.29 is 19.1 Å². The van der Waals surface area contributed by atoms with Gasteiger partial charge in [-0.25, -0.2) is 0 Å². The van der Waals surface area contributed by atoms with E-state index in [1.54, 1.807) is 60.5 Å². The standard InChI is InChI=1S/C20H21N3O4/c1-27-17-8-6-16(7-9-17)23-12-14(11-19(23)25)20(26)22-15-4-2-13(3-5-15)10-18(21)24/h2-9,14H,10-12H2,1H3,(H2,21,24)(H,22,26). The topological polar surface area (TPSA) is 102 Å². The number of hydrogen-bond donors (Lipinski definition) is 2. The lowest BCUT2D eigenvalue weighted by Gasteiger charge is -2.17. The number of hydrogen-bond acceptors (Lipinski definition) is 4. The molecule has 0 radical (unpaired) electrons. The van der Waals surface area contributed by atoms with Crippen molar-refractivity contribution in [1.29, 1.82) is 0 Å². The molecule has 3 rings (SSSR count). The van der Waals surface area contributed by atoms with Crippen LogP contribution in [0, 0.1) is 5.92 Å². The van der Waals surface area contributed by atoms with E-state index in [1.165, 1.54) is 0 Å². The number of carbonyl (C=O) groups excluding carboxylic acids is 3. The number of nitrogens with one attached hydrogen (secondary N) is 1. The zero-order valence-corrected chi connectivity index (χ0v) is 15.0. The van der Waals surface area contributed by atoms with Gasteiger partial charge in [0, 0.05) is 24.3 Å². The maximum absolute atomic E-state index is 12.5.